The molecule has 0 radical (unpaired) electrons. The number of nitrogens with zero attached hydrogens (tertiary/aromatic N) is 2. The van der Waals surface area contributed by atoms with Gasteiger partial charge in [0.05, 0.1) is 15.7 Å². The Bertz CT molecular complexity index is 1320. The Kier molecular flexibility index (Phi) is 6.11. The van der Waals surface area contributed by atoms with Crippen LogP contribution in [0.25, 0.3) is 11.3 Å². The first kappa shape index (κ1) is 21.4. The van der Waals surface area contributed by atoms with Gasteiger partial charge < -0.3 is 14.7 Å². The van der Waals surface area contributed by atoms with Crippen molar-refractivity contribution < 1.29 is 9.90 Å². The van der Waals surface area contributed by atoms with Crippen molar-refractivity contribution in [3.63, 3.8) is 0 Å². The molecule has 0 amide bonds. The van der Waals surface area contributed by atoms with Crippen LogP contribution in [0.2, 0.25) is 10.0 Å². The van der Waals surface area contributed by atoms with Crippen molar-refractivity contribution in [2.75, 3.05) is 0 Å². The van der Waals surface area contributed by atoms with Crippen molar-refractivity contribution in [2.45, 2.75) is 19.9 Å². The van der Waals surface area contributed by atoms with Crippen LogP contribution in [-0.4, -0.2) is 20.6 Å². The molecular formula is C21H15Cl2N3O4. The van der Waals surface area contributed by atoms with E-state index >= 15 is 0 Å². The minimum atomic E-state index is -1.36. The predicted molar refractivity (Wildman–Crippen MR) is 113 cm³/mol. The topological polar surface area (TPSA) is 116 Å². The SMILES string of the molecule is CCn1c(Cc2ccc(C#N)c(=O)[nH]2)cc(=O)c(C(=O)O)c1-c1ccc(Cl)c(Cl)c1. The normalized spacial score (nSPS) is 10.6. The molecule has 0 aliphatic carbocycles. The van der Waals surface area contributed by atoms with Crippen LogP contribution < -0.4 is 11.0 Å². The molecule has 30 heavy (non-hydrogen) atoms. The van der Waals surface area contributed by atoms with Crippen molar-refractivity contribution in [1.29, 1.82) is 5.26 Å². The van der Waals surface area contributed by atoms with Gasteiger partial charge in [0.15, 0.2) is 5.43 Å². The number of benzene rings is 1. The first-order valence-electron chi connectivity index (χ1n) is 8.84. The second kappa shape index (κ2) is 8.57. The quantitative estimate of drug-likeness (QED) is 0.623. The van der Waals surface area contributed by atoms with Crippen LogP contribution >= 0.6 is 23.2 Å². The number of hydrogen-bond acceptors (Lipinski definition) is 4. The van der Waals surface area contributed by atoms with E-state index in [1.54, 1.807) is 22.8 Å². The van der Waals surface area contributed by atoms with E-state index in [4.69, 9.17) is 28.5 Å². The zero-order chi connectivity index (χ0) is 22.0. The van der Waals surface area contributed by atoms with Crippen molar-refractivity contribution in [3.05, 3.63) is 89.5 Å². The second-order valence-electron chi connectivity index (χ2n) is 6.42. The summed E-state index contributed by atoms with van der Waals surface area (Å²) in [4.78, 5) is 39.1. The molecule has 0 aliphatic heterocycles. The average molecular weight is 444 g/mol. The van der Waals surface area contributed by atoms with Gasteiger partial charge in [0, 0.05) is 36.0 Å². The molecule has 0 atom stereocenters. The van der Waals surface area contributed by atoms with Gasteiger partial charge in [-0.1, -0.05) is 29.3 Å². The third kappa shape index (κ3) is 4.01. The number of H-pyrrole nitrogens is 1. The van der Waals surface area contributed by atoms with Crippen LogP contribution in [-0.2, 0) is 13.0 Å². The van der Waals surface area contributed by atoms with Gasteiger partial charge in [-0.25, -0.2) is 4.79 Å². The number of aromatic amines is 1. The fourth-order valence-corrected chi connectivity index (χ4v) is 3.55. The number of nitriles is 1. The molecule has 3 aromatic rings. The lowest BCUT2D eigenvalue weighted by Gasteiger charge is -2.20. The lowest BCUT2D eigenvalue weighted by atomic mass is 10.0. The summed E-state index contributed by atoms with van der Waals surface area (Å²) in [5, 5.41) is 19.1. The first-order chi connectivity index (χ1) is 14.3. The fourth-order valence-electron chi connectivity index (χ4n) is 3.26. The molecule has 0 unspecified atom stereocenters. The van der Waals surface area contributed by atoms with Gasteiger partial charge in [-0.05, 0) is 31.2 Å². The molecule has 1 aromatic carbocycles. The molecule has 0 fully saturated rings. The summed E-state index contributed by atoms with van der Waals surface area (Å²) in [6, 6.07) is 10.6. The Morgan fingerprint density at radius 3 is 2.47 bits per heavy atom. The summed E-state index contributed by atoms with van der Waals surface area (Å²) in [7, 11) is 0. The van der Waals surface area contributed by atoms with E-state index in [1.807, 2.05) is 6.92 Å². The molecule has 2 heterocycles. The number of rotatable bonds is 5. The largest absolute Gasteiger partial charge is 0.477 e. The van der Waals surface area contributed by atoms with E-state index in [0.717, 1.165) is 0 Å². The smallest absolute Gasteiger partial charge is 0.341 e. The molecule has 0 saturated carbocycles. The van der Waals surface area contributed by atoms with Gasteiger partial charge in [-0.3, -0.25) is 9.59 Å². The van der Waals surface area contributed by atoms with Gasteiger partial charge in [-0.15, -0.1) is 0 Å². The molecule has 9 heteroatoms. The standard InChI is InChI=1S/C21H15Cl2N3O4/c1-2-26-14(8-13-5-3-12(10-24)20(28)25-13)9-17(27)18(21(29)30)19(26)11-4-6-15(22)16(23)7-11/h3-7,9H,2,8H2,1H3,(H,25,28)(H,29,30). The number of nitrogens with one attached hydrogen (secondary N) is 1. The number of halogens is 2. The highest BCUT2D eigenvalue weighted by molar-refractivity contribution is 6.42. The maximum atomic E-state index is 12.7. The Labute approximate surface area is 180 Å². The molecule has 0 aliphatic rings. The van der Waals surface area contributed by atoms with Crippen molar-refractivity contribution in [3.8, 4) is 17.3 Å². The third-order valence-corrected chi connectivity index (χ3v) is 5.32. The molecule has 0 bridgehead atoms. The maximum absolute atomic E-state index is 12.7. The highest BCUT2D eigenvalue weighted by Gasteiger charge is 2.22. The zero-order valence-electron chi connectivity index (χ0n) is 15.7. The molecule has 7 nitrogen and oxygen atoms in total. The summed E-state index contributed by atoms with van der Waals surface area (Å²) < 4.78 is 1.68. The Morgan fingerprint density at radius 1 is 1.17 bits per heavy atom. The molecule has 3 rings (SSSR count). The Balaban J connectivity index is 2.26. The van der Waals surface area contributed by atoms with E-state index in [-0.39, 0.29) is 28.3 Å². The Hall–Kier alpha value is -3.34. The second-order valence-corrected chi connectivity index (χ2v) is 7.23. The number of carboxylic acids is 1. The minimum absolute atomic E-state index is 0.0237. The number of aromatic nitrogens is 2. The molecular weight excluding hydrogens is 429 g/mol. The predicted octanol–water partition coefficient (Wildman–Crippen LogP) is 3.69. The number of pyridine rings is 2. The van der Waals surface area contributed by atoms with Crippen molar-refractivity contribution >= 4 is 29.2 Å². The lowest BCUT2D eigenvalue weighted by Crippen LogP contribution is -2.24. The van der Waals surface area contributed by atoms with E-state index in [0.29, 0.717) is 28.5 Å². The third-order valence-electron chi connectivity index (χ3n) is 4.58. The van der Waals surface area contributed by atoms with Crippen LogP contribution in [0.5, 0.6) is 0 Å². The monoisotopic (exact) mass is 443 g/mol. The van der Waals surface area contributed by atoms with Gasteiger partial charge in [0.2, 0.25) is 0 Å². The van der Waals surface area contributed by atoms with Gasteiger partial charge in [-0.2, -0.15) is 5.26 Å². The highest BCUT2D eigenvalue weighted by atomic mass is 35.5. The number of carbonyl (C=O) groups is 1. The lowest BCUT2D eigenvalue weighted by molar-refractivity contribution is 0.0695. The molecule has 0 spiro atoms. The summed E-state index contributed by atoms with van der Waals surface area (Å²) in [5.74, 6) is -1.36. The van der Waals surface area contributed by atoms with E-state index < -0.39 is 17.0 Å². The van der Waals surface area contributed by atoms with E-state index in [9.17, 15) is 19.5 Å². The summed E-state index contributed by atoms with van der Waals surface area (Å²) in [6.07, 6.45) is 0.151. The average Bonchev–Trinajstić information content (AvgIpc) is 2.69. The zero-order valence-corrected chi connectivity index (χ0v) is 17.2. The van der Waals surface area contributed by atoms with Gasteiger partial charge in [0.1, 0.15) is 17.2 Å². The molecule has 2 N–H and O–H groups in total. The van der Waals surface area contributed by atoms with E-state index in [2.05, 4.69) is 4.98 Å². The molecule has 0 saturated heterocycles. The molecule has 2 aromatic heterocycles. The van der Waals surface area contributed by atoms with Crippen LogP contribution in [0.3, 0.4) is 0 Å². The number of hydrogen-bond donors (Lipinski definition) is 2. The molecule has 152 valence electrons. The van der Waals surface area contributed by atoms with Gasteiger partial charge >= 0.3 is 5.97 Å². The Morgan fingerprint density at radius 2 is 1.90 bits per heavy atom. The summed E-state index contributed by atoms with van der Waals surface area (Å²) >= 11 is 12.1. The summed E-state index contributed by atoms with van der Waals surface area (Å²) in [6.45, 7) is 2.16. The van der Waals surface area contributed by atoms with Crippen LogP contribution in [0.15, 0.2) is 46.0 Å². The van der Waals surface area contributed by atoms with Crippen LogP contribution in [0.4, 0.5) is 0 Å². The van der Waals surface area contributed by atoms with E-state index in [1.165, 1.54) is 24.3 Å². The van der Waals surface area contributed by atoms with Crippen LogP contribution in [0.1, 0.15) is 34.2 Å². The van der Waals surface area contributed by atoms with Crippen molar-refractivity contribution in [1.82, 2.24) is 9.55 Å². The number of aromatic carboxylic acids is 1. The maximum Gasteiger partial charge on any atom is 0.341 e. The highest BCUT2D eigenvalue weighted by Crippen LogP contribution is 2.30. The number of carboxylic acid groups (broad SMARTS) is 1. The van der Waals surface area contributed by atoms with Gasteiger partial charge in [0.25, 0.3) is 5.56 Å². The minimum Gasteiger partial charge on any atom is -0.477 e. The van der Waals surface area contributed by atoms with Crippen molar-refractivity contribution in [2.24, 2.45) is 0 Å². The fraction of sp³-hybridized carbons (Fsp3) is 0.143. The first-order valence-corrected chi connectivity index (χ1v) is 9.60. The van der Waals surface area contributed by atoms with Crippen LogP contribution in [0, 0.1) is 11.3 Å². The summed E-state index contributed by atoms with van der Waals surface area (Å²) in [5.41, 5.74) is -0.0149.